The summed E-state index contributed by atoms with van der Waals surface area (Å²) in [7, 11) is 1.56. The van der Waals surface area contributed by atoms with Crippen LogP contribution >= 0.6 is 0 Å². The number of ether oxygens (including phenoxy) is 1. The molecule has 0 bridgehead atoms. The van der Waals surface area contributed by atoms with E-state index in [1.807, 2.05) is 37.3 Å². The Labute approximate surface area is 105 Å². The van der Waals surface area contributed by atoms with E-state index in [9.17, 15) is 10.1 Å². The van der Waals surface area contributed by atoms with Gasteiger partial charge in [0.25, 0.3) is 5.69 Å². The third-order valence-corrected chi connectivity index (χ3v) is 2.87. The molecule has 2 rings (SSSR count). The third-order valence-electron chi connectivity index (χ3n) is 2.87. The molecule has 0 fully saturated rings. The van der Waals surface area contributed by atoms with Gasteiger partial charge in [0.2, 0.25) is 0 Å². The average Bonchev–Trinajstić information content (AvgIpc) is 2.39. The first kappa shape index (κ1) is 12.1. The Kier molecular flexibility index (Phi) is 3.28. The summed E-state index contributed by atoms with van der Waals surface area (Å²) in [6, 6.07) is 12.4. The fourth-order valence-corrected chi connectivity index (χ4v) is 2.02. The van der Waals surface area contributed by atoms with E-state index in [0.29, 0.717) is 11.3 Å². The van der Waals surface area contributed by atoms with E-state index >= 15 is 0 Å². The van der Waals surface area contributed by atoms with Crippen LogP contribution in [0, 0.1) is 17.0 Å². The molecule has 2 aromatic carbocycles. The molecule has 0 heterocycles. The number of nitrogens with zero attached hydrogens (tertiary/aromatic N) is 1. The number of nitro groups is 1. The molecule has 0 spiro atoms. The first-order chi connectivity index (χ1) is 8.65. The maximum Gasteiger partial charge on any atom is 0.277 e. The van der Waals surface area contributed by atoms with Crippen molar-refractivity contribution in [3.63, 3.8) is 0 Å². The van der Waals surface area contributed by atoms with Crippen molar-refractivity contribution in [1.82, 2.24) is 0 Å². The molecule has 0 unspecified atom stereocenters. The summed E-state index contributed by atoms with van der Waals surface area (Å²) in [6.45, 7) is 1.83. The maximum atomic E-state index is 11.1. The van der Waals surface area contributed by atoms with E-state index in [0.717, 1.165) is 11.1 Å². The molecule has 4 heteroatoms. The van der Waals surface area contributed by atoms with E-state index in [4.69, 9.17) is 4.74 Å². The van der Waals surface area contributed by atoms with Crippen LogP contribution in [0.3, 0.4) is 0 Å². The quantitative estimate of drug-likeness (QED) is 0.611. The lowest BCUT2D eigenvalue weighted by atomic mass is 9.98. The van der Waals surface area contributed by atoms with Crippen molar-refractivity contribution in [3.05, 3.63) is 58.1 Å². The van der Waals surface area contributed by atoms with Crippen molar-refractivity contribution in [2.45, 2.75) is 6.92 Å². The summed E-state index contributed by atoms with van der Waals surface area (Å²) in [5.41, 5.74) is 2.30. The standard InChI is InChI=1S/C14H13NO3/c1-10-13(18-2)9-8-12(15(16)17)14(10)11-6-4-3-5-7-11/h3-9H,1-2H3. The van der Waals surface area contributed by atoms with Crippen molar-refractivity contribution in [1.29, 1.82) is 0 Å². The molecule has 0 aliphatic rings. The highest BCUT2D eigenvalue weighted by Crippen LogP contribution is 2.37. The van der Waals surface area contributed by atoms with Crippen LogP contribution in [0.2, 0.25) is 0 Å². The van der Waals surface area contributed by atoms with Crippen molar-refractivity contribution < 1.29 is 9.66 Å². The van der Waals surface area contributed by atoms with Crippen LogP contribution in [0.5, 0.6) is 5.75 Å². The first-order valence-corrected chi connectivity index (χ1v) is 5.52. The zero-order valence-electron chi connectivity index (χ0n) is 10.2. The molecule has 0 aliphatic carbocycles. The van der Waals surface area contributed by atoms with Gasteiger partial charge in [-0.3, -0.25) is 10.1 Å². The molecule has 18 heavy (non-hydrogen) atoms. The van der Waals surface area contributed by atoms with Gasteiger partial charge in [-0.15, -0.1) is 0 Å². The van der Waals surface area contributed by atoms with E-state index < -0.39 is 0 Å². The largest absolute Gasteiger partial charge is 0.496 e. The molecule has 0 saturated heterocycles. The number of nitro benzene ring substituents is 1. The minimum Gasteiger partial charge on any atom is -0.496 e. The Morgan fingerprint density at radius 1 is 1.11 bits per heavy atom. The molecule has 0 amide bonds. The Morgan fingerprint density at radius 2 is 1.78 bits per heavy atom. The predicted molar refractivity (Wildman–Crippen MR) is 69.8 cm³/mol. The minimum atomic E-state index is -0.366. The predicted octanol–water partition coefficient (Wildman–Crippen LogP) is 3.58. The summed E-state index contributed by atoms with van der Waals surface area (Å²) in [5.74, 6) is 0.652. The van der Waals surface area contributed by atoms with Crippen LogP contribution in [0.1, 0.15) is 5.56 Å². The van der Waals surface area contributed by atoms with Gasteiger partial charge in [0.05, 0.1) is 17.6 Å². The highest BCUT2D eigenvalue weighted by molar-refractivity contribution is 5.78. The fraction of sp³-hybridized carbons (Fsp3) is 0.143. The molecule has 92 valence electrons. The van der Waals surface area contributed by atoms with Crippen LogP contribution in [0.4, 0.5) is 5.69 Å². The van der Waals surface area contributed by atoms with Crippen molar-refractivity contribution in [2.24, 2.45) is 0 Å². The SMILES string of the molecule is COc1ccc([N+](=O)[O-])c(-c2ccccc2)c1C. The van der Waals surface area contributed by atoms with Crippen LogP contribution in [0.25, 0.3) is 11.1 Å². The molecule has 0 atom stereocenters. The summed E-state index contributed by atoms with van der Waals surface area (Å²) < 4.78 is 5.22. The number of hydrogen-bond acceptors (Lipinski definition) is 3. The normalized spacial score (nSPS) is 10.1. The van der Waals surface area contributed by atoms with Crippen molar-refractivity contribution in [3.8, 4) is 16.9 Å². The maximum absolute atomic E-state index is 11.1. The van der Waals surface area contributed by atoms with Crippen LogP contribution in [-0.2, 0) is 0 Å². The fourth-order valence-electron chi connectivity index (χ4n) is 2.02. The van der Waals surface area contributed by atoms with Gasteiger partial charge in [0.15, 0.2) is 0 Å². The highest BCUT2D eigenvalue weighted by Gasteiger charge is 2.19. The van der Waals surface area contributed by atoms with Gasteiger partial charge in [0.1, 0.15) is 5.75 Å². The van der Waals surface area contributed by atoms with Crippen LogP contribution < -0.4 is 4.74 Å². The Bertz CT molecular complexity index is 579. The number of benzene rings is 2. The van der Waals surface area contributed by atoms with E-state index in [2.05, 4.69) is 0 Å². The summed E-state index contributed by atoms with van der Waals surface area (Å²) in [5, 5.41) is 11.1. The molecule has 0 N–H and O–H groups in total. The smallest absolute Gasteiger partial charge is 0.277 e. The second kappa shape index (κ2) is 4.87. The molecule has 0 aliphatic heterocycles. The lowest BCUT2D eigenvalue weighted by Crippen LogP contribution is -1.97. The second-order valence-corrected chi connectivity index (χ2v) is 3.91. The van der Waals surface area contributed by atoms with Gasteiger partial charge in [-0.2, -0.15) is 0 Å². The molecule has 2 aromatic rings. The third kappa shape index (κ3) is 2.05. The number of rotatable bonds is 3. The zero-order valence-corrected chi connectivity index (χ0v) is 10.2. The van der Waals surface area contributed by atoms with Gasteiger partial charge in [0, 0.05) is 11.6 Å². The van der Waals surface area contributed by atoms with Crippen LogP contribution in [-0.4, -0.2) is 12.0 Å². The van der Waals surface area contributed by atoms with Gasteiger partial charge in [-0.25, -0.2) is 0 Å². The lowest BCUT2D eigenvalue weighted by molar-refractivity contribution is -0.384. The molecular weight excluding hydrogens is 230 g/mol. The molecule has 4 nitrogen and oxygen atoms in total. The summed E-state index contributed by atoms with van der Waals surface area (Å²) >= 11 is 0. The number of hydrogen-bond donors (Lipinski definition) is 0. The lowest BCUT2D eigenvalue weighted by Gasteiger charge is -2.11. The number of methoxy groups -OCH3 is 1. The monoisotopic (exact) mass is 243 g/mol. The molecule has 0 saturated carbocycles. The average molecular weight is 243 g/mol. The van der Waals surface area contributed by atoms with Crippen molar-refractivity contribution in [2.75, 3.05) is 7.11 Å². The van der Waals surface area contributed by atoms with Crippen LogP contribution in [0.15, 0.2) is 42.5 Å². The zero-order chi connectivity index (χ0) is 13.1. The topological polar surface area (TPSA) is 52.4 Å². The highest BCUT2D eigenvalue weighted by atomic mass is 16.6. The molecule has 0 radical (unpaired) electrons. The Balaban J connectivity index is 2.73. The summed E-state index contributed by atoms with van der Waals surface area (Å²) in [6.07, 6.45) is 0. The van der Waals surface area contributed by atoms with Gasteiger partial charge in [-0.05, 0) is 18.6 Å². The minimum absolute atomic E-state index is 0.0968. The van der Waals surface area contributed by atoms with E-state index in [1.165, 1.54) is 6.07 Å². The Hall–Kier alpha value is -2.36. The van der Waals surface area contributed by atoms with E-state index in [-0.39, 0.29) is 10.6 Å². The summed E-state index contributed by atoms with van der Waals surface area (Å²) in [4.78, 5) is 10.7. The second-order valence-electron chi connectivity index (χ2n) is 3.91. The van der Waals surface area contributed by atoms with Crippen molar-refractivity contribution >= 4 is 5.69 Å². The first-order valence-electron chi connectivity index (χ1n) is 5.52. The van der Waals surface area contributed by atoms with Gasteiger partial charge >= 0.3 is 0 Å². The Morgan fingerprint density at radius 3 is 2.33 bits per heavy atom. The van der Waals surface area contributed by atoms with E-state index in [1.54, 1.807) is 13.2 Å². The van der Waals surface area contributed by atoms with Gasteiger partial charge in [-0.1, -0.05) is 30.3 Å². The van der Waals surface area contributed by atoms with Gasteiger partial charge < -0.3 is 4.74 Å². The molecular formula is C14H13NO3. The molecule has 0 aromatic heterocycles.